The second-order valence-corrected chi connectivity index (χ2v) is 11.6. The zero-order valence-electron chi connectivity index (χ0n) is 23.2. The molecule has 2 aliphatic carbocycles. The first kappa shape index (κ1) is 25.4. The molecule has 0 bridgehead atoms. The van der Waals surface area contributed by atoms with E-state index in [4.69, 9.17) is 4.74 Å². The number of pyridine rings is 1. The molecule has 0 unspecified atom stereocenters. The molecule has 6 rings (SSSR count). The maximum absolute atomic E-state index is 12.3. The van der Waals surface area contributed by atoms with E-state index in [1.165, 1.54) is 55.9 Å². The van der Waals surface area contributed by atoms with E-state index in [1.807, 2.05) is 20.8 Å². The Balaban J connectivity index is 1.51. The lowest BCUT2D eigenvalue weighted by molar-refractivity contribution is -0.676. The van der Waals surface area contributed by atoms with Crippen LogP contribution >= 0.6 is 0 Å². The molecule has 0 fully saturated rings. The predicted octanol–water partition coefficient (Wildman–Crippen LogP) is 7.09. The van der Waals surface area contributed by atoms with Gasteiger partial charge in [-0.05, 0) is 75.3 Å². The molecule has 2 aliphatic rings. The van der Waals surface area contributed by atoms with Gasteiger partial charge < -0.3 is 10.1 Å². The summed E-state index contributed by atoms with van der Waals surface area (Å²) in [5, 5.41) is 2.97. The van der Waals surface area contributed by atoms with Crippen LogP contribution in [-0.2, 0) is 37.0 Å². The molecule has 0 spiro atoms. The fourth-order valence-electron chi connectivity index (χ4n) is 6.34. The number of carbonyl (C=O) groups is 1. The number of hydrogen-bond donors (Lipinski definition) is 1. The molecule has 4 aromatic rings. The minimum atomic E-state index is -0.502. The lowest BCUT2D eigenvalue weighted by Crippen LogP contribution is -2.44. The van der Waals surface area contributed by atoms with Crippen LogP contribution < -0.4 is 9.88 Å². The minimum absolute atomic E-state index is 0.355. The van der Waals surface area contributed by atoms with E-state index < -0.39 is 5.60 Å². The minimum Gasteiger partial charge on any atom is -0.444 e. The van der Waals surface area contributed by atoms with Crippen molar-refractivity contribution in [3.63, 3.8) is 0 Å². The highest BCUT2D eigenvalue weighted by Crippen LogP contribution is 2.44. The normalized spacial score (nSPS) is 13.5. The van der Waals surface area contributed by atoms with Gasteiger partial charge in [0.25, 0.3) is 0 Å². The topological polar surface area (TPSA) is 42.2 Å². The summed E-state index contributed by atoms with van der Waals surface area (Å²) in [6.45, 7) is 7.06. The molecule has 1 heterocycles. The van der Waals surface area contributed by atoms with Crippen LogP contribution in [0, 0.1) is 0 Å². The highest BCUT2D eigenvalue weighted by molar-refractivity contribution is 5.85. The van der Waals surface area contributed by atoms with E-state index in [0.29, 0.717) is 6.54 Å². The molecule has 198 valence electrons. The zero-order chi connectivity index (χ0) is 27.0. The quantitative estimate of drug-likeness (QED) is 0.227. The van der Waals surface area contributed by atoms with Crippen molar-refractivity contribution < 1.29 is 14.1 Å². The maximum Gasteiger partial charge on any atom is 0.407 e. The summed E-state index contributed by atoms with van der Waals surface area (Å²) in [6, 6.07) is 28.7. The van der Waals surface area contributed by atoms with E-state index >= 15 is 0 Å². The molecule has 39 heavy (non-hydrogen) atoms. The summed E-state index contributed by atoms with van der Waals surface area (Å²) in [4.78, 5) is 12.3. The Morgan fingerprint density at radius 2 is 1.31 bits per heavy atom. The molecular formula is C35H37N2O2+. The molecular weight excluding hydrogens is 480 g/mol. The van der Waals surface area contributed by atoms with Gasteiger partial charge in [0.15, 0.2) is 6.54 Å². The highest BCUT2D eigenvalue weighted by atomic mass is 16.6. The number of carbonyl (C=O) groups excluding carboxylic acids is 1. The highest BCUT2D eigenvalue weighted by Gasteiger charge is 2.37. The molecule has 0 radical (unpaired) electrons. The largest absolute Gasteiger partial charge is 0.444 e. The van der Waals surface area contributed by atoms with Crippen LogP contribution in [-0.4, -0.2) is 18.2 Å². The van der Waals surface area contributed by atoms with Crippen LogP contribution in [0.15, 0.2) is 78.9 Å². The Labute approximate surface area is 231 Å². The van der Waals surface area contributed by atoms with Crippen LogP contribution in [0.4, 0.5) is 4.79 Å². The Bertz CT molecular complexity index is 1460. The summed E-state index contributed by atoms with van der Waals surface area (Å²) >= 11 is 0. The fourth-order valence-corrected chi connectivity index (χ4v) is 6.34. The first-order valence-electron chi connectivity index (χ1n) is 14.2. The maximum atomic E-state index is 12.3. The number of amides is 1. The number of nitrogens with one attached hydrogen (secondary N) is 1. The van der Waals surface area contributed by atoms with Gasteiger partial charge in [-0.25, -0.2) is 4.79 Å². The summed E-state index contributed by atoms with van der Waals surface area (Å²) in [5.74, 6) is 0. The number of benzene rings is 3. The molecule has 1 N–H and O–H groups in total. The molecule has 1 aromatic heterocycles. The first-order valence-corrected chi connectivity index (χ1v) is 14.2. The zero-order valence-corrected chi connectivity index (χ0v) is 23.2. The van der Waals surface area contributed by atoms with Crippen LogP contribution in [0.2, 0.25) is 0 Å². The third-order valence-corrected chi connectivity index (χ3v) is 7.84. The molecule has 0 aliphatic heterocycles. The van der Waals surface area contributed by atoms with Crippen LogP contribution in [0.5, 0.6) is 0 Å². The molecule has 0 saturated carbocycles. The Hall–Kier alpha value is -3.92. The number of rotatable bonds is 5. The smallest absolute Gasteiger partial charge is 0.407 e. The lowest BCUT2D eigenvalue weighted by atomic mass is 9.77. The van der Waals surface area contributed by atoms with Gasteiger partial charge in [-0.3, -0.25) is 0 Å². The van der Waals surface area contributed by atoms with Gasteiger partial charge in [0, 0.05) is 40.8 Å². The Kier molecular flexibility index (Phi) is 6.72. The Morgan fingerprint density at radius 3 is 1.87 bits per heavy atom. The fraction of sp³-hybridized carbons (Fsp3) is 0.314. The van der Waals surface area contributed by atoms with Gasteiger partial charge in [0.05, 0.1) is 0 Å². The number of ether oxygens (including phenoxy) is 1. The number of aromatic nitrogens is 1. The average molecular weight is 518 g/mol. The van der Waals surface area contributed by atoms with Gasteiger partial charge in [0.2, 0.25) is 11.4 Å². The van der Waals surface area contributed by atoms with Crippen LogP contribution in [0.3, 0.4) is 0 Å². The van der Waals surface area contributed by atoms with Crippen molar-refractivity contribution in [1.82, 2.24) is 5.32 Å². The van der Waals surface area contributed by atoms with Crippen LogP contribution in [0.1, 0.15) is 49.4 Å². The number of nitrogens with zero attached hydrogens (tertiary/aromatic N) is 1. The average Bonchev–Trinajstić information content (AvgIpc) is 2.94. The van der Waals surface area contributed by atoms with E-state index in [0.717, 1.165) is 38.6 Å². The van der Waals surface area contributed by atoms with Crippen LogP contribution in [0.25, 0.3) is 33.6 Å². The van der Waals surface area contributed by atoms with E-state index in [1.54, 1.807) is 0 Å². The molecule has 0 saturated heterocycles. The Morgan fingerprint density at radius 1 is 0.769 bits per heavy atom. The lowest BCUT2D eigenvalue weighted by Gasteiger charge is -2.28. The molecule has 1 amide bonds. The molecule has 4 nitrogen and oxygen atoms in total. The summed E-state index contributed by atoms with van der Waals surface area (Å²) in [5.41, 5.74) is 13.3. The molecule has 0 atom stereocenters. The summed E-state index contributed by atoms with van der Waals surface area (Å²) in [6.07, 6.45) is 4.63. The molecule has 3 aromatic carbocycles. The molecule has 4 heteroatoms. The van der Waals surface area contributed by atoms with Crippen molar-refractivity contribution in [2.75, 3.05) is 6.54 Å². The number of alkyl carbamates (subject to hydrolysis) is 1. The standard InChI is InChI=1S/C35H36N2O2/c1-35(2,3)39-34(38)36-22-11-23-37-32-27-16-9-7-12-24(27)18-20-29(32)31(26-14-5-4-6-15-26)30-21-19-25-13-8-10-17-28(25)33(30)37/h4-10,12-17H,11,18-23H2,1-3H3/p+1. The number of aryl methyl sites for hydroxylation is 2. The number of fused-ring (bicyclic) bond motifs is 6. The van der Waals surface area contributed by atoms with Gasteiger partial charge in [-0.1, -0.05) is 66.7 Å². The van der Waals surface area contributed by atoms with Crippen molar-refractivity contribution in [2.24, 2.45) is 0 Å². The third-order valence-electron chi connectivity index (χ3n) is 7.84. The van der Waals surface area contributed by atoms with Crippen molar-refractivity contribution >= 4 is 6.09 Å². The summed E-state index contributed by atoms with van der Waals surface area (Å²) < 4.78 is 8.05. The van der Waals surface area contributed by atoms with Gasteiger partial charge >= 0.3 is 6.09 Å². The van der Waals surface area contributed by atoms with Gasteiger partial charge in [-0.15, -0.1) is 0 Å². The SMILES string of the molecule is CC(C)(C)OC(=O)NCCC[n+]1c2c(c(-c3ccccc3)c3c1-c1ccccc1CC3)CCc1ccccc1-2. The van der Waals surface area contributed by atoms with E-state index in [9.17, 15) is 4.79 Å². The van der Waals surface area contributed by atoms with Crippen molar-refractivity contribution in [3.8, 4) is 33.6 Å². The predicted molar refractivity (Wildman–Crippen MR) is 157 cm³/mol. The monoisotopic (exact) mass is 517 g/mol. The van der Waals surface area contributed by atoms with Crippen molar-refractivity contribution in [3.05, 3.63) is 101 Å². The van der Waals surface area contributed by atoms with E-state index in [-0.39, 0.29) is 6.09 Å². The first-order chi connectivity index (χ1) is 18.9. The van der Waals surface area contributed by atoms with Gasteiger partial charge in [0.1, 0.15) is 5.60 Å². The second kappa shape index (κ2) is 10.3. The van der Waals surface area contributed by atoms with Crippen molar-refractivity contribution in [1.29, 1.82) is 0 Å². The summed E-state index contributed by atoms with van der Waals surface area (Å²) in [7, 11) is 0. The third kappa shape index (κ3) is 4.96. The van der Waals surface area contributed by atoms with Crippen molar-refractivity contribution in [2.45, 2.75) is 65.0 Å². The second-order valence-electron chi connectivity index (χ2n) is 11.6. The number of hydrogen-bond acceptors (Lipinski definition) is 2. The van der Waals surface area contributed by atoms with Gasteiger partial charge in [-0.2, -0.15) is 4.57 Å². The van der Waals surface area contributed by atoms with E-state index in [2.05, 4.69) is 88.7 Å².